The van der Waals surface area contributed by atoms with Crippen molar-refractivity contribution in [3.8, 4) is 11.3 Å². The molecule has 0 spiro atoms. The van der Waals surface area contributed by atoms with Crippen LogP contribution in [0, 0.1) is 12.3 Å². The SMILES string of the molecule is COCCN(Cc1c(-c2cccc(C)c2)noc1N1CCCC1)C(=O)CC(C)(C)C. The number of anilines is 1. The van der Waals surface area contributed by atoms with Crippen molar-refractivity contribution in [3.63, 3.8) is 0 Å². The van der Waals surface area contributed by atoms with Crippen molar-refractivity contribution in [1.82, 2.24) is 10.1 Å². The van der Waals surface area contributed by atoms with Gasteiger partial charge in [-0.05, 0) is 31.2 Å². The van der Waals surface area contributed by atoms with Crippen LogP contribution in [0.2, 0.25) is 0 Å². The van der Waals surface area contributed by atoms with Crippen LogP contribution in [-0.2, 0) is 16.1 Å². The lowest BCUT2D eigenvalue weighted by Crippen LogP contribution is -2.36. The first-order valence-corrected chi connectivity index (χ1v) is 10.9. The van der Waals surface area contributed by atoms with Crippen molar-refractivity contribution >= 4 is 11.8 Å². The monoisotopic (exact) mass is 413 g/mol. The van der Waals surface area contributed by atoms with Crippen molar-refractivity contribution in [2.24, 2.45) is 5.41 Å². The third-order valence-electron chi connectivity index (χ3n) is 5.40. The second-order valence-corrected chi connectivity index (χ2v) is 9.42. The molecule has 2 aromatic rings. The molecule has 6 heteroatoms. The molecular weight excluding hydrogens is 378 g/mol. The fourth-order valence-electron chi connectivity index (χ4n) is 3.88. The summed E-state index contributed by atoms with van der Waals surface area (Å²) in [5.74, 6) is 0.929. The summed E-state index contributed by atoms with van der Waals surface area (Å²) in [6.45, 7) is 11.8. The molecular formula is C24H35N3O3. The van der Waals surface area contributed by atoms with Crippen LogP contribution < -0.4 is 4.90 Å². The van der Waals surface area contributed by atoms with Crippen molar-refractivity contribution in [1.29, 1.82) is 0 Å². The van der Waals surface area contributed by atoms with Crippen molar-refractivity contribution in [2.75, 3.05) is 38.3 Å². The number of carbonyl (C=O) groups excluding carboxylic acids is 1. The highest BCUT2D eigenvalue weighted by Crippen LogP contribution is 2.35. The zero-order chi connectivity index (χ0) is 21.7. The predicted octanol–water partition coefficient (Wildman–Crippen LogP) is 4.66. The highest BCUT2D eigenvalue weighted by atomic mass is 16.5. The maximum Gasteiger partial charge on any atom is 0.232 e. The Balaban J connectivity index is 1.97. The number of methoxy groups -OCH3 is 1. The van der Waals surface area contributed by atoms with E-state index in [1.165, 1.54) is 5.56 Å². The number of hydrogen-bond acceptors (Lipinski definition) is 5. The molecule has 1 amide bonds. The Hall–Kier alpha value is -2.34. The van der Waals surface area contributed by atoms with Crippen LogP contribution in [0.1, 0.15) is 51.2 Å². The number of nitrogens with zero attached hydrogens (tertiary/aromatic N) is 3. The van der Waals surface area contributed by atoms with E-state index in [-0.39, 0.29) is 11.3 Å². The Morgan fingerprint density at radius 3 is 2.63 bits per heavy atom. The number of carbonyl (C=O) groups is 1. The van der Waals surface area contributed by atoms with Gasteiger partial charge in [-0.1, -0.05) is 49.7 Å². The summed E-state index contributed by atoms with van der Waals surface area (Å²) in [6.07, 6.45) is 2.79. The van der Waals surface area contributed by atoms with Gasteiger partial charge in [-0.25, -0.2) is 0 Å². The molecule has 0 radical (unpaired) electrons. The maximum atomic E-state index is 13.1. The van der Waals surface area contributed by atoms with Crippen LogP contribution >= 0.6 is 0 Å². The van der Waals surface area contributed by atoms with Crippen LogP contribution in [0.25, 0.3) is 11.3 Å². The first-order chi connectivity index (χ1) is 14.3. The summed E-state index contributed by atoms with van der Waals surface area (Å²) in [4.78, 5) is 17.3. The molecule has 1 aromatic carbocycles. The van der Waals surface area contributed by atoms with E-state index >= 15 is 0 Å². The second kappa shape index (κ2) is 9.65. The fraction of sp³-hybridized carbons (Fsp3) is 0.583. The average molecular weight is 414 g/mol. The van der Waals surface area contributed by atoms with E-state index in [0.29, 0.717) is 26.1 Å². The largest absolute Gasteiger partial charge is 0.383 e. The first kappa shape index (κ1) is 22.3. The molecule has 0 saturated carbocycles. The Labute approximate surface area is 180 Å². The lowest BCUT2D eigenvalue weighted by molar-refractivity contribution is -0.134. The maximum absolute atomic E-state index is 13.1. The van der Waals surface area contributed by atoms with Gasteiger partial charge in [0, 0.05) is 38.7 Å². The molecule has 164 valence electrons. The van der Waals surface area contributed by atoms with Gasteiger partial charge >= 0.3 is 0 Å². The third kappa shape index (κ3) is 5.63. The molecule has 30 heavy (non-hydrogen) atoms. The van der Waals surface area contributed by atoms with Gasteiger partial charge in [-0.3, -0.25) is 4.79 Å². The zero-order valence-corrected chi connectivity index (χ0v) is 19.0. The van der Waals surface area contributed by atoms with E-state index in [0.717, 1.165) is 48.6 Å². The van der Waals surface area contributed by atoms with Crippen LogP contribution in [0.4, 0.5) is 5.88 Å². The lowest BCUT2D eigenvalue weighted by atomic mass is 9.91. The molecule has 1 saturated heterocycles. The predicted molar refractivity (Wildman–Crippen MR) is 119 cm³/mol. The zero-order valence-electron chi connectivity index (χ0n) is 19.0. The van der Waals surface area contributed by atoms with Gasteiger partial charge in [0.05, 0.1) is 18.7 Å². The van der Waals surface area contributed by atoms with Gasteiger partial charge in [0.15, 0.2) is 0 Å². The molecule has 1 aliphatic rings. The Bertz CT molecular complexity index is 848. The third-order valence-corrected chi connectivity index (χ3v) is 5.40. The van der Waals surface area contributed by atoms with Crippen molar-refractivity contribution < 1.29 is 14.1 Å². The summed E-state index contributed by atoms with van der Waals surface area (Å²) < 4.78 is 11.2. The van der Waals surface area contributed by atoms with Crippen LogP contribution in [0.3, 0.4) is 0 Å². The number of benzene rings is 1. The average Bonchev–Trinajstić information content (AvgIpc) is 3.33. The number of aryl methyl sites for hydroxylation is 1. The molecule has 6 nitrogen and oxygen atoms in total. The summed E-state index contributed by atoms with van der Waals surface area (Å²) in [5.41, 5.74) is 3.93. The quantitative estimate of drug-likeness (QED) is 0.630. The van der Waals surface area contributed by atoms with E-state index in [9.17, 15) is 4.79 Å². The molecule has 1 fully saturated rings. The highest BCUT2D eigenvalue weighted by Gasteiger charge is 2.28. The molecule has 0 aliphatic carbocycles. The highest BCUT2D eigenvalue weighted by molar-refractivity contribution is 5.78. The molecule has 0 atom stereocenters. The standard InChI is InChI=1S/C24H35N3O3/c1-18-9-8-10-19(15-18)22-20(23(30-25-22)26-11-6-7-12-26)17-27(13-14-29-5)21(28)16-24(2,3)4/h8-10,15H,6-7,11-14,16-17H2,1-5H3. The summed E-state index contributed by atoms with van der Waals surface area (Å²) in [5, 5.41) is 4.45. The normalized spacial score (nSPS) is 14.4. The van der Waals surface area contributed by atoms with Gasteiger partial charge in [0.1, 0.15) is 5.69 Å². The number of ether oxygens (including phenoxy) is 1. The minimum absolute atomic E-state index is 0.0752. The number of amides is 1. The van der Waals surface area contributed by atoms with Gasteiger partial charge in [-0.15, -0.1) is 0 Å². The minimum Gasteiger partial charge on any atom is -0.383 e. The first-order valence-electron chi connectivity index (χ1n) is 10.9. The second-order valence-electron chi connectivity index (χ2n) is 9.42. The molecule has 2 heterocycles. The van der Waals surface area contributed by atoms with E-state index in [2.05, 4.69) is 56.0 Å². The summed E-state index contributed by atoms with van der Waals surface area (Å²) in [6, 6.07) is 8.28. The Kier molecular flexibility index (Phi) is 7.19. The van der Waals surface area contributed by atoms with Gasteiger partial charge < -0.3 is 19.1 Å². The summed E-state index contributed by atoms with van der Waals surface area (Å²) >= 11 is 0. The van der Waals surface area contributed by atoms with E-state index < -0.39 is 0 Å². The topological polar surface area (TPSA) is 58.8 Å². The van der Waals surface area contributed by atoms with E-state index in [1.807, 2.05) is 11.0 Å². The molecule has 1 aliphatic heterocycles. The Morgan fingerprint density at radius 1 is 1.27 bits per heavy atom. The van der Waals surface area contributed by atoms with Crippen LogP contribution in [0.5, 0.6) is 0 Å². The van der Waals surface area contributed by atoms with E-state index in [4.69, 9.17) is 9.26 Å². The van der Waals surface area contributed by atoms with Gasteiger partial charge in [0.2, 0.25) is 11.8 Å². The molecule has 0 N–H and O–H groups in total. The van der Waals surface area contributed by atoms with Crippen LogP contribution in [-0.4, -0.2) is 49.3 Å². The minimum atomic E-state index is -0.0752. The Morgan fingerprint density at radius 2 is 2.00 bits per heavy atom. The van der Waals surface area contributed by atoms with Crippen LogP contribution in [0.15, 0.2) is 28.8 Å². The lowest BCUT2D eigenvalue weighted by Gasteiger charge is -2.27. The smallest absolute Gasteiger partial charge is 0.232 e. The van der Waals surface area contributed by atoms with Crippen molar-refractivity contribution in [3.05, 3.63) is 35.4 Å². The van der Waals surface area contributed by atoms with Gasteiger partial charge in [-0.2, -0.15) is 0 Å². The molecule has 0 unspecified atom stereocenters. The number of hydrogen-bond donors (Lipinski definition) is 0. The fourth-order valence-corrected chi connectivity index (χ4v) is 3.88. The number of rotatable bonds is 8. The van der Waals surface area contributed by atoms with Crippen molar-refractivity contribution in [2.45, 2.75) is 53.5 Å². The molecule has 0 bridgehead atoms. The summed E-state index contributed by atoms with van der Waals surface area (Å²) in [7, 11) is 1.67. The van der Waals surface area contributed by atoms with Gasteiger partial charge in [0.25, 0.3) is 0 Å². The molecule has 3 rings (SSSR count). The van der Waals surface area contributed by atoms with E-state index in [1.54, 1.807) is 7.11 Å². The number of aromatic nitrogens is 1. The molecule has 1 aromatic heterocycles.